The summed E-state index contributed by atoms with van der Waals surface area (Å²) < 4.78 is 14.1. The van der Waals surface area contributed by atoms with Gasteiger partial charge in [0.1, 0.15) is 16.5 Å². The number of pyridine rings is 1. The summed E-state index contributed by atoms with van der Waals surface area (Å²) in [6.45, 7) is 4.31. The number of likely N-dealkylation sites (N-methyl/N-ethyl adjacent to an activating group) is 1. The second-order valence-electron chi connectivity index (χ2n) is 6.82. The first-order valence-electron chi connectivity index (χ1n) is 8.96. The summed E-state index contributed by atoms with van der Waals surface area (Å²) >= 11 is 1.46. The maximum atomic E-state index is 14.1. The van der Waals surface area contributed by atoms with Gasteiger partial charge in [-0.25, -0.2) is 19.3 Å². The van der Waals surface area contributed by atoms with Gasteiger partial charge in [-0.05, 0) is 33.0 Å². The Morgan fingerprint density at radius 2 is 1.93 bits per heavy atom. The van der Waals surface area contributed by atoms with Gasteiger partial charge in [0, 0.05) is 35.2 Å². The summed E-state index contributed by atoms with van der Waals surface area (Å²) in [5.41, 5.74) is 0.264. The van der Waals surface area contributed by atoms with Crippen LogP contribution in [-0.4, -0.2) is 39.4 Å². The van der Waals surface area contributed by atoms with Gasteiger partial charge in [0.25, 0.3) is 0 Å². The van der Waals surface area contributed by atoms with E-state index in [0.29, 0.717) is 12.5 Å². The lowest BCUT2D eigenvalue weighted by Gasteiger charge is -2.25. The van der Waals surface area contributed by atoms with E-state index in [1.54, 1.807) is 37.9 Å². The molecule has 0 bridgehead atoms. The highest BCUT2D eigenvalue weighted by atomic mass is 32.1. The van der Waals surface area contributed by atoms with Crippen LogP contribution in [0.2, 0.25) is 0 Å². The Bertz CT molecular complexity index is 975. The van der Waals surface area contributed by atoms with Crippen molar-refractivity contribution in [2.45, 2.75) is 25.9 Å². The number of nitrogens with zero attached hydrogens (tertiary/aromatic N) is 4. The van der Waals surface area contributed by atoms with Gasteiger partial charge in [-0.1, -0.05) is 0 Å². The fourth-order valence-corrected chi connectivity index (χ4v) is 3.45. The molecule has 3 aromatic rings. The van der Waals surface area contributed by atoms with E-state index in [1.807, 2.05) is 13.8 Å². The zero-order chi connectivity index (χ0) is 20.9. The summed E-state index contributed by atoms with van der Waals surface area (Å²) in [6, 6.07) is 2.92. The molecule has 0 aliphatic carbocycles. The van der Waals surface area contributed by atoms with Crippen LogP contribution in [-0.2, 0) is 16.9 Å². The van der Waals surface area contributed by atoms with Crippen LogP contribution in [0.15, 0.2) is 36.9 Å². The lowest BCUT2D eigenvalue weighted by molar-refractivity contribution is -0.120. The summed E-state index contributed by atoms with van der Waals surface area (Å²) in [5.74, 6) is -0.105. The molecule has 8 nitrogen and oxygen atoms in total. The molecule has 3 aromatic heterocycles. The van der Waals surface area contributed by atoms with Crippen molar-refractivity contribution in [2.24, 2.45) is 0 Å². The Labute approximate surface area is 172 Å². The second-order valence-corrected chi connectivity index (χ2v) is 7.93. The molecule has 0 saturated carbocycles. The van der Waals surface area contributed by atoms with Crippen LogP contribution >= 0.6 is 11.3 Å². The van der Waals surface area contributed by atoms with Crippen LogP contribution in [0, 0.1) is 5.82 Å². The fraction of sp³-hybridized carbons (Fsp3) is 0.316. The van der Waals surface area contributed by atoms with Crippen molar-refractivity contribution in [3.63, 3.8) is 0 Å². The van der Waals surface area contributed by atoms with Gasteiger partial charge in [0.05, 0.1) is 18.6 Å². The van der Waals surface area contributed by atoms with Gasteiger partial charge in [0.2, 0.25) is 11.9 Å². The molecule has 0 spiro atoms. The van der Waals surface area contributed by atoms with Gasteiger partial charge >= 0.3 is 0 Å². The highest BCUT2D eigenvalue weighted by Gasteiger charge is 2.26. The average Bonchev–Trinajstić information content (AvgIpc) is 3.16. The molecular formula is C19H22FN7OS. The minimum absolute atomic E-state index is 0.0758. The molecule has 0 saturated heterocycles. The summed E-state index contributed by atoms with van der Waals surface area (Å²) in [6.07, 6.45) is 6.58. The van der Waals surface area contributed by atoms with E-state index >= 15 is 0 Å². The molecule has 0 aliphatic heterocycles. The van der Waals surface area contributed by atoms with E-state index in [-0.39, 0.29) is 18.1 Å². The highest BCUT2D eigenvalue weighted by Crippen LogP contribution is 2.27. The molecule has 152 valence electrons. The van der Waals surface area contributed by atoms with Crippen LogP contribution in [0.3, 0.4) is 0 Å². The number of rotatable bonds is 8. The molecule has 3 N–H and O–H groups in total. The molecule has 0 aliphatic rings. The van der Waals surface area contributed by atoms with E-state index in [1.165, 1.54) is 17.4 Å². The Kier molecular flexibility index (Phi) is 6.45. The van der Waals surface area contributed by atoms with E-state index in [9.17, 15) is 9.18 Å². The number of anilines is 1. The Morgan fingerprint density at radius 1 is 1.17 bits per heavy atom. The average molecular weight is 415 g/mol. The van der Waals surface area contributed by atoms with Crippen molar-refractivity contribution in [3.8, 4) is 10.6 Å². The van der Waals surface area contributed by atoms with E-state index in [2.05, 4.69) is 35.9 Å². The molecule has 1 amide bonds. The number of carbonyl (C=O) groups is 1. The SMILES string of the molecule is CNCC(=O)NCc1cnc(-c2cnc(NC(C)(C)c3ncccc3F)nc2)s1. The first kappa shape index (κ1) is 20.7. The normalized spacial score (nSPS) is 11.3. The third kappa shape index (κ3) is 5.30. The third-order valence-corrected chi connectivity index (χ3v) is 5.07. The van der Waals surface area contributed by atoms with Gasteiger partial charge in [0.15, 0.2) is 0 Å². The van der Waals surface area contributed by atoms with E-state index in [0.717, 1.165) is 15.4 Å². The number of hydrogen-bond acceptors (Lipinski definition) is 8. The standard InChI is InChI=1S/C19H22FN7OS/c1-19(2,16-14(20)5-4-6-22-16)27-18-25-7-12(8-26-18)17-24-10-13(29-17)9-23-15(28)11-21-3/h4-8,10,21H,9,11H2,1-3H3,(H,23,28)(H,25,26,27). The Balaban J connectivity index is 1.66. The first-order chi connectivity index (χ1) is 13.9. The molecule has 29 heavy (non-hydrogen) atoms. The second kappa shape index (κ2) is 9.01. The monoisotopic (exact) mass is 415 g/mol. The van der Waals surface area contributed by atoms with Gasteiger partial charge < -0.3 is 16.0 Å². The molecule has 0 fully saturated rings. The van der Waals surface area contributed by atoms with Crippen molar-refractivity contribution in [3.05, 3.63) is 53.3 Å². The van der Waals surface area contributed by atoms with Crippen LogP contribution in [0.4, 0.5) is 10.3 Å². The molecule has 0 radical (unpaired) electrons. The fourth-order valence-electron chi connectivity index (χ4n) is 2.62. The molecule has 3 heterocycles. The van der Waals surface area contributed by atoms with E-state index < -0.39 is 11.4 Å². The number of halogens is 1. The van der Waals surface area contributed by atoms with Crippen molar-refractivity contribution >= 4 is 23.2 Å². The van der Waals surface area contributed by atoms with Gasteiger partial charge in [-0.3, -0.25) is 9.78 Å². The third-order valence-electron chi connectivity index (χ3n) is 4.02. The number of carbonyl (C=O) groups excluding carboxylic acids is 1. The van der Waals surface area contributed by atoms with Gasteiger partial charge in [-0.2, -0.15) is 0 Å². The number of nitrogens with one attached hydrogen (secondary N) is 3. The molecule has 0 unspecified atom stereocenters. The largest absolute Gasteiger partial charge is 0.350 e. The molecule has 0 aromatic carbocycles. The lowest BCUT2D eigenvalue weighted by atomic mass is 9.99. The molecule has 0 atom stereocenters. The van der Waals surface area contributed by atoms with Crippen molar-refractivity contribution in [2.75, 3.05) is 18.9 Å². The minimum atomic E-state index is -0.785. The number of aromatic nitrogens is 4. The zero-order valence-electron chi connectivity index (χ0n) is 16.4. The number of thiazole rings is 1. The molecule has 3 rings (SSSR count). The van der Waals surface area contributed by atoms with Crippen LogP contribution in [0.1, 0.15) is 24.4 Å². The smallest absolute Gasteiger partial charge is 0.234 e. The number of hydrogen-bond donors (Lipinski definition) is 3. The maximum Gasteiger partial charge on any atom is 0.234 e. The Hall–Kier alpha value is -2.98. The lowest BCUT2D eigenvalue weighted by Crippen LogP contribution is -2.31. The van der Waals surface area contributed by atoms with Crippen molar-refractivity contribution in [1.82, 2.24) is 30.6 Å². The van der Waals surface area contributed by atoms with E-state index in [4.69, 9.17) is 0 Å². The minimum Gasteiger partial charge on any atom is -0.350 e. The molecule has 10 heteroatoms. The van der Waals surface area contributed by atoms with Crippen LogP contribution in [0.5, 0.6) is 0 Å². The van der Waals surface area contributed by atoms with Crippen LogP contribution in [0.25, 0.3) is 10.6 Å². The number of amides is 1. The van der Waals surface area contributed by atoms with Crippen LogP contribution < -0.4 is 16.0 Å². The first-order valence-corrected chi connectivity index (χ1v) is 9.78. The summed E-state index contributed by atoms with van der Waals surface area (Å²) in [5, 5.41) is 9.47. The zero-order valence-corrected chi connectivity index (χ0v) is 17.2. The predicted octanol–water partition coefficient (Wildman–Crippen LogP) is 2.32. The van der Waals surface area contributed by atoms with Gasteiger partial charge in [-0.15, -0.1) is 11.3 Å². The quantitative estimate of drug-likeness (QED) is 0.519. The topological polar surface area (TPSA) is 105 Å². The van der Waals surface area contributed by atoms with Crippen molar-refractivity contribution in [1.29, 1.82) is 0 Å². The maximum absolute atomic E-state index is 14.1. The summed E-state index contributed by atoms with van der Waals surface area (Å²) in [4.78, 5) is 29.6. The highest BCUT2D eigenvalue weighted by molar-refractivity contribution is 7.15. The Morgan fingerprint density at radius 3 is 2.62 bits per heavy atom. The summed E-state index contributed by atoms with van der Waals surface area (Å²) in [7, 11) is 1.72. The van der Waals surface area contributed by atoms with Crippen molar-refractivity contribution < 1.29 is 9.18 Å². The predicted molar refractivity (Wildman–Crippen MR) is 110 cm³/mol. The molecular weight excluding hydrogens is 393 g/mol.